The normalized spacial score (nSPS) is 16.8. The zero-order valence-electron chi connectivity index (χ0n) is 11.8. The number of nitrogens with zero attached hydrogens (tertiary/aromatic N) is 2. The van der Waals surface area contributed by atoms with Crippen LogP contribution >= 0.6 is 0 Å². The molecule has 1 aromatic heterocycles. The van der Waals surface area contributed by atoms with E-state index in [2.05, 4.69) is 10.1 Å². The van der Waals surface area contributed by atoms with Gasteiger partial charge in [-0.25, -0.2) is 0 Å². The van der Waals surface area contributed by atoms with E-state index < -0.39 is 0 Å². The van der Waals surface area contributed by atoms with E-state index in [0.717, 1.165) is 29.7 Å². The Hall–Kier alpha value is -1.88. The summed E-state index contributed by atoms with van der Waals surface area (Å²) in [7, 11) is 1.66. The predicted octanol–water partition coefficient (Wildman–Crippen LogP) is 2.43. The van der Waals surface area contributed by atoms with Gasteiger partial charge >= 0.3 is 0 Å². The first-order valence-corrected chi connectivity index (χ1v) is 6.88. The topological polar surface area (TPSA) is 74.2 Å². The van der Waals surface area contributed by atoms with Crippen LogP contribution in [0, 0.1) is 6.92 Å². The highest BCUT2D eigenvalue weighted by Gasteiger charge is 2.42. The lowest BCUT2D eigenvalue weighted by atomic mass is 9.69. The zero-order chi connectivity index (χ0) is 14.2. The van der Waals surface area contributed by atoms with Crippen LogP contribution < -0.4 is 10.5 Å². The number of methoxy groups -OCH3 is 1. The third-order valence-corrected chi connectivity index (χ3v) is 4.23. The molecule has 0 atom stereocenters. The van der Waals surface area contributed by atoms with E-state index in [0.29, 0.717) is 18.3 Å². The molecule has 0 unspecified atom stereocenters. The fourth-order valence-electron chi connectivity index (χ4n) is 2.68. The SMILES string of the molecule is COc1ccc(-c2noc(C3(CN)CCC3)n2)cc1C. The lowest BCUT2D eigenvalue weighted by molar-refractivity contribution is 0.182. The van der Waals surface area contributed by atoms with Gasteiger partial charge in [-0.15, -0.1) is 0 Å². The first kappa shape index (κ1) is 13.1. The lowest BCUT2D eigenvalue weighted by Gasteiger charge is -2.36. The third-order valence-electron chi connectivity index (χ3n) is 4.23. The molecule has 3 rings (SSSR count). The average molecular weight is 273 g/mol. The van der Waals surface area contributed by atoms with Crippen molar-refractivity contribution in [3.8, 4) is 17.1 Å². The first-order valence-electron chi connectivity index (χ1n) is 6.88. The summed E-state index contributed by atoms with van der Waals surface area (Å²) < 4.78 is 10.7. The second kappa shape index (κ2) is 4.90. The molecule has 0 radical (unpaired) electrons. The zero-order valence-corrected chi connectivity index (χ0v) is 11.8. The number of rotatable bonds is 4. The summed E-state index contributed by atoms with van der Waals surface area (Å²) in [6.45, 7) is 2.56. The molecule has 5 heteroatoms. The van der Waals surface area contributed by atoms with Crippen LogP contribution in [0.3, 0.4) is 0 Å². The molecule has 0 aliphatic heterocycles. The Labute approximate surface area is 118 Å². The Morgan fingerprint density at radius 2 is 2.20 bits per heavy atom. The molecule has 106 valence electrons. The van der Waals surface area contributed by atoms with Crippen molar-refractivity contribution >= 4 is 0 Å². The Morgan fingerprint density at radius 3 is 2.75 bits per heavy atom. The Bertz CT molecular complexity index is 612. The summed E-state index contributed by atoms with van der Waals surface area (Å²) >= 11 is 0. The van der Waals surface area contributed by atoms with Crippen molar-refractivity contribution in [2.45, 2.75) is 31.6 Å². The molecule has 2 aromatic rings. The van der Waals surface area contributed by atoms with Gasteiger partial charge in [0.05, 0.1) is 12.5 Å². The summed E-state index contributed by atoms with van der Waals surface area (Å²) in [5.41, 5.74) is 7.76. The molecule has 1 aliphatic carbocycles. The smallest absolute Gasteiger partial charge is 0.234 e. The molecule has 20 heavy (non-hydrogen) atoms. The standard InChI is InChI=1S/C15H19N3O2/c1-10-8-11(4-5-12(10)19-2)13-17-14(20-18-13)15(9-16)6-3-7-15/h4-5,8H,3,6-7,9,16H2,1-2H3. The van der Waals surface area contributed by atoms with E-state index in [-0.39, 0.29) is 5.41 Å². The molecule has 0 amide bonds. The monoisotopic (exact) mass is 273 g/mol. The minimum atomic E-state index is -0.0905. The molecule has 1 fully saturated rings. The number of nitrogens with two attached hydrogens (primary N) is 1. The number of aryl methyl sites for hydroxylation is 1. The Morgan fingerprint density at radius 1 is 1.40 bits per heavy atom. The summed E-state index contributed by atoms with van der Waals surface area (Å²) in [4.78, 5) is 4.54. The molecule has 0 bridgehead atoms. The van der Waals surface area contributed by atoms with Gasteiger partial charge < -0.3 is 15.0 Å². The molecule has 2 N–H and O–H groups in total. The minimum Gasteiger partial charge on any atom is -0.496 e. The van der Waals surface area contributed by atoms with Crippen LogP contribution in [0.1, 0.15) is 30.7 Å². The maximum absolute atomic E-state index is 5.87. The average Bonchev–Trinajstić information content (AvgIpc) is 2.88. The molecule has 1 heterocycles. The highest BCUT2D eigenvalue weighted by atomic mass is 16.5. The molecule has 1 aliphatic rings. The van der Waals surface area contributed by atoms with Crippen molar-refractivity contribution in [1.29, 1.82) is 0 Å². The number of benzene rings is 1. The Kier molecular flexibility index (Phi) is 3.22. The van der Waals surface area contributed by atoms with E-state index in [4.69, 9.17) is 15.0 Å². The van der Waals surface area contributed by atoms with Crippen molar-refractivity contribution in [3.63, 3.8) is 0 Å². The minimum absolute atomic E-state index is 0.0905. The Balaban J connectivity index is 1.92. The van der Waals surface area contributed by atoms with Gasteiger partial charge in [0.15, 0.2) is 0 Å². The van der Waals surface area contributed by atoms with Gasteiger partial charge in [0.1, 0.15) is 5.75 Å². The lowest BCUT2D eigenvalue weighted by Crippen LogP contribution is -2.41. The molecular weight excluding hydrogens is 254 g/mol. The molecule has 1 saturated carbocycles. The van der Waals surface area contributed by atoms with Gasteiger partial charge in [0, 0.05) is 12.1 Å². The predicted molar refractivity (Wildman–Crippen MR) is 75.6 cm³/mol. The summed E-state index contributed by atoms with van der Waals surface area (Å²) in [6.07, 6.45) is 3.25. The second-order valence-electron chi connectivity index (χ2n) is 5.45. The number of hydrogen-bond donors (Lipinski definition) is 1. The number of ether oxygens (including phenoxy) is 1. The fourth-order valence-corrected chi connectivity index (χ4v) is 2.68. The van der Waals surface area contributed by atoms with Crippen molar-refractivity contribution in [3.05, 3.63) is 29.7 Å². The second-order valence-corrected chi connectivity index (χ2v) is 5.45. The van der Waals surface area contributed by atoms with E-state index >= 15 is 0 Å². The number of hydrogen-bond acceptors (Lipinski definition) is 5. The van der Waals surface area contributed by atoms with E-state index in [9.17, 15) is 0 Å². The van der Waals surface area contributed by atoms with Crippen molar-refractivity contribution in [2.24, 2.45) is 5.73 Å². The van der Waals surface area contributed by atoms with Gasteiger partial charge in [0.25, 0.3) is 0 Å². The van der Waals surface area contributed by atoms with Gasteiger partial charge in [-0.3, -0.25) is 0 Å². The van der Waals surface area contributed by atoms with Crippen LogP contribution in [-0.2, 0) is 5.41 Å². The van der Waals surface area contributed by atoms with Crippen LogP contribution in [0.5, 0.6) is 5.75 Å². The fraction of sp³-hybridized carbons (Fsp3) is 0.467. The van der Waals surface area contributed by atoms with E-state index in [1.54, 1.807) is 7.11 Å². The first-order chi connectivity index (χ1) is 9.68. The summed E-state index contributed by atoms with van der Waals surface area (Å²) in [6, 6.07) is 5.86. The highest BCUT2D eigenvalue weighted by molar-refractivity contribution is 5.58. The van der Waals surface area contributed by atoms with Crippen LogP contribution in [-0.4, -0.2) is 23.8 Å². The van der Waals surface area contributed by atoms with Crippen molar-refractivity contribution in [1.82, 2.24) is 10.1 Å². The van der Waals surface area contributed by atoms with Crippen LogP contribution in [0.2, 0.25) is 0 Å². The molecule has 0 spiro atoms. The van der Waals surface area contributed by atoms with Crippen molar-refractivity contribution < 1.29 is 9.26 Å². The van der Waals surface area contributed by atoms with Gasteiger partial charge in [-0.2, -0.15) is 4.98 Å². The number of aromatic nitrogens is 2. The highest BCUT2D eigenvalue weighted by Crippen LogP contribution is 2.42. The third kappa shape index (κ3) is 1.98. The van der Waals surface area contributed by atoms with Crippen LogP contribution in [0.4, 0.5) is 0 Å². The van der Waals surface area contributed by atoms with Gasteiger partial charge in [-0.1, -0.05) is 11.6 Å². The summed E-state index contributed by atoms with van der Waals surface area (Å²) in [5.74, 6) is 2.15. The molecule has 1 aromatic carbocycles. The quantitative estimate of drug-likeness (QED) is 0.926. The molecule has 0 saturated heterocycles. The van der Waals surface area contributed by atoms with Gasteiger partial charge in [0.2, 0.25) is 11.7 Å². The van der Waals surface area contributed by atoms with Crippen LogP contribution in [0.15, 0.2) is 22.7 Å². The molecule has 5 nitrogen and oxygen atoms in total. The van der Waals surface area contributed by atoms with Crippen LogP contribution in [0.25, 0.3) is 11.4 Å². The van der Waals surface area contributed by atoms with E-state index in [1.807, 2.05) is 25.1 Å². The largest absolute Gasteiger partial charge is 0.496 e. The maximum atomic E-state index is 5.87. The molecular formula is C15H19N3O2. The van der Waals surface area contributed by atoms with Gasteiger partial charge in [-0.05, 0) is 43.5 Å². The summed E-state index contributed by atoms with van der Waals surface area (Å²) in [5, 5.41) is 4.10. The van der Waals surface area contributed by atoms with Crippen molar-refractivity contribution in [2.75, 3.05) is 13.7 Å². The van der Waals surface area contributed by atoms with E-state index in [1.165, 1.54) is 6.42 Å². The maximum Gasteiger partial charge on any atom is 0.234 e.